The monoisotopic (exact) mass is 731 g/mol. The van der Waals surface area contributed by atoms with E-state index in [1.165, 1.54) is 36.4 Å². The van der Waals surface area contributed by atoms with E-state index in [-0.39, 0.29) is 62.7 Å². The molecule has 2 aromatic carbocycles. The zero-order valence-electron chi connectivity index (χ0n) is 27.9. The van der Waals surface area contributed by atoms with Gasteiger partial charge in [-0.2, -0.15) is 0 Å². The Balaban J connectivity index is 0.918. The summed E-state index contributed by atoms with van der Waals surface area (Å²) in [5, 5.41) is 23.6. The Morgan fingerprint density at radius 1 is 0.868 bits per heavy atom. The van der Waals surface area contributed by atoms with Gasteiger partial charge in [0.1, 0.15) is 11.0 Å². The van der Waals surface area contributed by atoms with E-state index in [0.29, 0.717) is 23.6 Å². The molecule has 1 atom stereocenters. The molecule has 53 heavy (non-hydrogen) atoms. The molecule has 7 amide bonds. The number of fused-ring (bicyclic) bond motifs is 1. The lowest BCUT2D eigenvalue weighted by Crippen LogP contribution is -2.54. The van der Waals surface area contributed by atoms with Gasteiger partial charge in [-0.3, -0.25) is 53.9 Å². The molecule has 2 aliphatic rings. The molecular formula is C34H33N7O12. The summed E-state index contributed by atoms with van der Waals surface area (Å²) in [4.78, 5) is 97.2. The van der Waals surface area contributed by atoms with Crippen molar-refractivity contribution < 1.29 is 52.4 Å². The Hall–Kier alpha value is -6.73. The summed E-state index contributed by atoms with van der Waals surface area (Å²) in [6.07, 6.45) is 2.20. The minimum absolute atomic E-state index is 0.0313. The van der Waals surface area contributed by atoms with Crippen LogP contribution >= 0.6 is 0 Å². The number of nitrogens with zero attached hydrogens (tertiary/aromatic N) is 2. The minimum atomic E-state index is -1.05. The van der Waals surface area contributed by atoms with E-state index in [4.69, 9.17) is 13.9 Å². The van der Waals surface area contributed by atoms with Crippen LogP contribution in [0.2, 0.25) is 0 Å². The highest BCUT2D eigenvalue weighted by Crippen LogP contribution is 2.32. The number of hydrogen-bond acceptors (Lipinski definition) is 13. The first kappa shape index (κ1) is 37.5. The van der Waals surface area contributed by atoms with Gasteiger partial charge in [-0.05, 0) is 48.9 Å². The number of ether oxygens (including phenoxy) is 2. The van der Waals surface area contributed by atoms with Crippen LogP contribution in [0.1, 0.15) is 44.1 Å². The second kappa shape index (κ2) is 17.5. The summed E-state index contributed by atoms with van der Waals surface area (Å²) >= 11 is 0. The van der Waals surface area contributed by atoms with Crippen molar-refractivity contribution in [2.45, 2.75) is 18.9 Å². The number of carbonyl (C=O) groups is 7. The number of amides is 7. The summed E-state index contributed by atoms with van der Waals surface area (Å²) in [6, 6.07) is 12.0. The highest BCUT2D eigenvalue weighted by atomic mass is 16.6. The Morgan fingerprint density at radius 2 is 1.55 bits per heavy atom. The molecule has 0 spiro atoms. The average Bonchev–Trinajstić information content (AvgIpc) is 3.73. The first-order valence-corrected chi connectivity index (χ1v) is 16.2. The van der Waals surface area contributed by atoms with Crippen molar-refractivity contribution in [3.8, 4) is 0 Å². The number of furan rings is 1. The van der Waals surface area contributed by atoms with Crippen LogP contribution in [0.4, 0.5) is 22.9 Å². The van der Waals surface area contributed by atoms with Gasteiger partial charge in [0, 0.05) is 48.7 Å². The molecule has 0 saturated carbocycles. The number of rotatable bonds is 17. The second-order valence-electron chi connectivity index (χ2n) is 11.4. The quantitative estimate of drug-likeness (QED) is 0.0435. The van der Waals surface area contributed by atoms with E-state index in [1.54, 1.807) is 12.1 Å². The topological polar surface area (TPSA) is 258 Å². The molecule has 0 bridgehead atoms. The molecule has 1 saturated heterocycles. The zero-order chi connectivity index (χ0) is 37.9. The fourth-order valence-electron chi connectivity index (χ4n) is 5.26. The minimum Gasteiger partial charge on any atom is -0.395 e. The van der Waals surface area contributed by atoms with E-state index in [9.17, 15) is 43.7 Å². The van der Waals surface area contributed by atoms with Crippen LogP contribution < -0.4 is 26.6 Å². The van der Waals surface area contributed by atoms with Gasteiger partial charge in [0.05, 0.1) is 43.6 Å². The zero-order valence-corrected chi connectivity index (χ0v) is 27.9. The summed E-state index contributed by atoms with van der Waals surface area (Å²) in [5.41, 5.74) is 1.47. The number of piperidine rings is 1. The second-order valence-corrected chi connectivity index (χ2v) is 11.4. The van der Waals surface area contributed by atoms with Crippen molar-refractivity contribution in [1.29, 1.82) is 0 Å². The van der Waals surface area contributed by atoms with Gasteiger partial charge >= 0.3 is 5.88 Å². The van der Waals surface area contributed by atoms with Gasteiger partial charge in [0.25, 0.3) is 17.7 Å². The first-order chi connectivity index (χ1) is 25.5. The molecule has 3 heterocycles. The fraction of sp³-hybridized carbons (Fsp3) is 0.265. The SMILES string of the molecule is O=C(/C=C/C(=O)Nc1ccc(NC(=O)c2ccc([N+](=O)[O-])o2)cc1)NCCOCCOCCNc1cccc2c1C(=O)N(C1CCC(=O)NC1=O)C2=O. The largest absolute Gasteiger partial charge is 0.433 e. The van der Waals surface area contributed by atoms with Crippen LogP contribution in [-0.4, -0.2) is 96.7 Å². The number of anilines is 3. The van der Waals surface area contributed by atoms with Gasteiger partial charge in [-0.1, -0.05) is 6.07 Å². The number of nitro groups is 1. The molecule has 5 rings (SSSR count). The van der Waals surface area contributed by atoms with E-state index in [2.05, 4.69) is 26.6 Å². The Bertz CT molecular complexity index is 1960. The van der Waals surface area contributed by atoms with Crippen LogP contribution in [0.3, 0.4) is 0 Å². The van der Waals surface area contributed by atoms with Gasteiger partial charge < -0.3 is 35.2 Å². The lowest BCUT2D eigenvalue weighted by atomic mass is 10.0. The Kier molecular flexibility index (Phi) is 12.4. The standard InChI is InChI=1S/C34H33N7O12/c42-26(11-12-27(43)37-20-4-6-21(7-5-20)38-32(46)25-9-13-29(53-25)41(49)50)36-15-17-52-19-18-51-16-14-35-23-3-1-2-22-30(23)34(48)40(33(22)47)24-8-10-28(44)39-31(24)45/h1-7,9,11-13,24,35H,8,10,14-19H2,(H,36,42)(H,37,43)(H,38,46)(H,39,44,45)/b12-11+. The van der Waals surface area contributed by atoms with Gasteiger partial charge in [-0.15, -0.1) is 0 Å². The fourth-order valence-corrected chi connectivity index (χ4v) is 5.26. The summed E-state index contributed by atoms with van der Waals surface area (Å²) in [7, 11) is 0. The molecule has 0 aliphatic carbocycles. The molecule has 0 radical (unpaired) electrons. The molecule has 19 nitrogen and oxygen atoms in total. The average molecular weight is 732 g/mol. The number of carbonyl (C=O) groups excluding carboxylic acids is 7. The van der Waals surface area contributed by atoms with Crippen molar-refractivity contribution in [1.82, 2.24) is 15.5 Å². The van der Waals surface area contributed by atoms with Crippen molar-refractivity contribution in [3.63, 3.8) is 0 Å². The molecule has 1 unspecified atom stereocenters. The predicted octanol–water partition coefficient (Wildman–Crippen LogP) is 1.60. The third-order valence-corrected chi connectivity index (χ3v) is 7.74. The van der Waals surface area contributed by atoms with E-state index < -0.39 is 58.2 Å². The van der Waals surface area contributed by atoms with Crippen LogP contribution in [-0.2, 0) is 28.7 Å². The molecule has 5 N–H and O–H groups in total. The number of hydrogen-bond donors (Lipinski definition) is 5. The lowest BCUT2D eigenvalue weighted by molar-refractivity contribution is -0.402. The molecular weight excluding hydrogens is 698 g/mol. The normalized spacial score (nSPS) is 15.2. The van der Waals surface area contributed by atoms with Crippen molar-refractivity contribution >= 4 is 64.3 Å². The highest BCUT2D eigenvalue weighted by Gasteiger charge is 2.45. The van der Waals surface area contributed by atoms with Crippen molar-refractivity contribution in [2.75, 3.05) is 55.5 Å². The molecule has 19 heteroatoms. The third-order valence-electron chi connectivity index (χ3n) is 7.74. The molecule has 276 valence electrons. The predicted molar refractivity (Wildman–Crippen MR) is 184 cm³/mol. The van der Waals surface area contributed by atoms with Crippen LogP contribution in [0.5, 0.6) is 0 Å². The maximum Gasteiger partial charge on any atom is 0.433 e. The van der Waals surface area contributed by atoms with Crippen LogP contribution in [0, 0.1) is 10.1 Å². The van der Waals surface area contributed by atoms with E-state index >= 15 is 0 Å². The molecule has 1 fully saturated rings. The summed E-state index contributed by atoms with van der Waals surface area (Å²) in [5.74, 6) is -4.91. The smallest absolute Gasteiger partial charge is 0.395 e. The lowest BCUT2D eigenvalue weighted by Gasteiger charge is -2.27. The number of benzene rings is 2. The Labute approximate surface area is 300 Å². The van der Waals surface area contributed by atoms with Crippen LogP contribution in [0.25, 0.3) is 0 Å². The number of imide groups is 2. The van der Waals surface area contributed by atoms with Crippen LogP contribution in [0.15, 0.2) is 71.2 Å². The van der Waals surface area contributed by atoms with Gasteiger partial charge in [0.2, 0.25) is 23.6 Å². The van der Waals surface area contributed by atoms with E-state index in [0.717, 1.165) is 23.1 Å². The maximum absolute atomic E-state index is 13.2. The summed E-state index contributed by atoms with van der Waals surface area (Å²) in [6.45, 7) is 1.38. The molecule has 3 aromatic rings. The Morgan fingerprint density at radius 3 is 2.23 bits per heavy atom. The highest BCUT2D eigenvalue weighted by molar-refractivity contribution is 6.25. The molecule has 1 aromatic heterocycles. The first-order valence-electron chi connectivity index (χ1n) is 16.2. The third kappa shape index (κ3) is 9.74. The van der Waals surface area contributed by atoms with E-state index in [1.807, 2.05) is 0 Å². The maximum atomic E-state index is 13.2. The van der Waals surface area contributed by atoms with Crippen molar-refractivity contribution in [2.24, 2.45) is 0 Å². The molecule has 2 aliphatic heterocycles. The van der Waals surface area contributed by atoms with Crippen molar-refractivity contribution in [3.05, 3.63) is 93.8 Å². The summed E-state index contributed by atoms with van der Waals surface area (Å²) < 4.78 is 15.8. The van der Waals surface area contributed by atoms with Gasteiger partial charge in [-0.25, -0.2) is 0 Å². The van der Waals surface area contributed by atoms with Gasteiger partial charge in [0.15, 0.2) is 5.76 Å². The number of nitrogens with one attached hydrogen (secondary N) is 5.